The first kappa shape index (κ1) is 21.4. The minimum atomic E-state index is -3.32. The van der Waals surface area contributed by atoms with Crippen molar-refractivity contribution in [2.75, 3.05) is 18.5 Å². The van der Waals surface area contributed by atoms with E-state index in [-0.39, 0.29) is 27.8 Å². The third-order valence-corrected chi connectivity index (χ3v) is 7.40. The quantitative estimate of drug-likeness (QED) is 0.489. The molecule has 2 heterocycles. The Morgan fingerprint density at radius 3 is 2.55 bits per heavy atom. The monoisotopic (exact) mass is 444 g/mol. The van der Waals surface area contributed by atoms with E-state index < -0.39 is 15.7 Å². The lowest BCUT2D eigenvalue weighted by atomic mass is 10.1. The number of nitrogens with one attached hydrogen (secondary N) is 1. The summed E-state index contributed by atoms with van der Waals surface area (Å²) in [6.07, 6.45) is 5.63. The molecule has 1 atom stereocenters. The van der Waals surface area contributed by atoms with Crippen molar-refractivity contribution >= 4 is 27.3 Å². The fourth-order valence-corrected chi connectivity index (χ4v) is 4.76. The zero-order valence-corrected chi connectivity index (χ0v) is 18.0. The lowest BCUT2D eigenvalue weighted by Gasteiger charge is -2.11. The van der Waals surface area contributed by atoms with Crippen molar-refractivity contribution in [2.45, 2.75) is 48.9 Å². The van der Waals surface area contributed by atoms with E-state index in [0.717, 1.165) is 12.1 Å². The van der Waals surface area contributed by atoms with Crippen molar-refractivity contribution in [3.05, 3.63) is 47.9 Å². The Bertz CT molecular complexity index is 1060. The summed E-state index contributed by atoms with van der Waals surface area (Å²) >= 11 is 0. The van der Waals surface area contributed by atoms with Crippen LogP contribution in [0.1, 0.15) is 37.4 Å². The fraction of sp³-hybridized carbons (Fsp3) is 0.429. The molecule has 1 amide bonds. The Balaban J connectivity index is 1.57. The number of rotatable bonds is 8. The van der Waals surface area contributed by atoms with Crippen LogP contribution in [0.4, 0.5) is 5.82 Å². The highest BCUT2D eigenvalue weighted by Crippen LogP contribution is 2.33. The molecule has 2 fully saturated rings. The fourth-order valence-electron chi connectivity index (χ4n) is 3.10. The molecule has 0 unspecified atom stereocenters. The molecule has 1 aliphatic carbocycles. The van der Waals surface area contributed by atoms with Crippen LogP contribution in [-0.4, -0.2) is 54.6 Å². The lowest BCUT2D eigenvalue weighted by Crippen LogP contribution is -2.26. The molecule has 1 aromatic heterocycles. The molecule has 4 rings (SSSR count). The zero-order valence-electron chi connectivity index (χ0n) is 17.2. The van der Waals surface area contributed by atoms with Crippen molar-refractivity contribution in [3.8, 4) is 0 Å². The molecule has 1 aliphatic heterocycles. The van der Waals surface area contributed by atoms with Gasteiger partial charge >= 0.3 is 0 Å². The Labute approximate surface area is 180 Å². The first-order valence-corrected chi connectivity index (χ1v) is 11.8. The normalized spacial score (nSPS) is 19.3. The molecule has 1 N–H and O–H groups in total. The standard InChI is InChI=1S/C21H24N4O5S/c1-2-15-11-23-19(12-22-15)24-21(26)20(25-30-16-9-10-29-13-16)14-3-5-17(6-4-14)31(27,28)18-7-8-18/h3-6,11-12,16,18H,2,7-10,13H2,1H3,(H,23,24,26)/b25-20+/t16-/m1/s1. The highest BCUT2D eigenvalue weighted by Gasteiger charge is 2.36. The topological polar surface area (TPSA) is 120 Å². The summed E-state index contributed by atoms with van der Waals surface area (Å²) in [5.74, 6) is -0.248. The average molecular weight is 445 g/mol. The second kappa shape index (κ2) is 9.11. The minimum absolute atomic E-state index is 0.0173. The molecule has 1 aromatic carbocycles. The SMILES string of the molecule is CCc1cnc(NC(=O)/C(=N/O[C@@H]2CCOC2)c2ccc(S(=O)(=O)C3CC3)cc2)cn1. The van der Waals surface area contributed by atoms with Crippen LogP contribution in [-0.2, 0) is 30.6 Å². The number of carbonyl (C=O) groups excluding carboxylic acids is 1. The van der Waals surface area contributed by atoms with Crippen LogP contribution in [0.2, 0.25) is 0 Å². The molecule has 1 saturated carbocycles. The van der Waals surface area contributed by atoms with Crippen LogP contribution in [0, 0.1) is 0 Å². The van der Waals surface area contributed by atoms with Crippen molar-refractivity contribution in [2.24, 2.45) is 5.16 Å². The van der Waals surface area contributed by atoms with Gasteiger partial charge in [-0.05, 0) is 31.4 Å². The van der Waals surface area contributed by atoms with Gasteiger partial charge in [-0.1, -0.05) is 24.2 Å². The molecule has 0 spiro atoms. The van der Waals surface area contributed by atoms with Gasteiger partial charge in [-0.25, -0.2) is 13.4 Å². The van der Waals surface area contributed by atoms with Crippen molar-refractivity contribution in [1.29, 1.82) is 0 Å². The summed E-state index contributed by atoms with van der Waals surface area (Å²) in [6, 6.07) is 6.13. The maximum Gasteiger partial charge on any atom is 0.279 e. The average Bonchev–Trinajstić information content (AvgIpc) is 3.52. The summed E-state index contributed by atoms with van der Waals surface area (Å²) < 4.78 is 30.2. The van der Waals surface area contributed by atoms with Gasteiger partial charge in [0.15, 0.2) is 27.5 Å². The molecule has 0 bridgehead atoms. The number of benzene rings is 1. The second-order valence-electron chi connectivity index (χ2n) is 7.50. The number of oxime groups is 1. The van der Waals surface area contributed by atoms with E-state index in [9.17, 15) is 13.2 Å². The Morgan fingerprint density at radius 1 is 1.19 bits per heavy atom. The second-order valence-corrected chi connectivity index (χ2v) is 9.73. The Kier molecular flexibility index (Phi) is 6.28. The summed E-state index contributed by atoms with van der Waals surface area (Å²) in [6.45, 7) is 2.94. The number of aryl methyl sites for hydroxylation is 1. The number of ether oxygens (including phenoxy) is 1. The molecule has 0 radical (unpaired) electrons. The minimum Gasteiger partial charge on any atom is -0.389 e. The first-order valence-electron chi connectivity index (χ1n) is 10.3. The van der Waals surface area contributed by atoms with Gasteiger partial charge < -0.3 is 14.9 Å². The number of aromatic nitrogens is 2. The Morgan fingerprint density at radius 2 is 1.97 bits per heavy atom. The molecule has 9 nitrogen and oxygen atoms in total. The Hall–Kier alpha value is -2.85. The zero-order chi connectivity index (χ0) is 21.8. The number of anilines is 1. The lowest BCUT2D eigenvalue weighted by molar-refractivity contribution is -0.110. The number of hydrogen-bond donors (Lipinski definition) is 1. The van der Waals surface area contributed by atoms with Crippen LogP contribution >= 0.6 is 0 Å². The maximum atomic E-state index is 12.9. The van der Waals surface area contributed by atoms with Gasteiger partial charge in [-0.2, -0.15) is 0 Å². The smallest absolute Gasteiger partial charge is 0.279 e. The van der Waals surface area contributed by atoms with Crippen LogP contribution < -0.4 is 5.32 Å². The predicted octanol–water partition coefficient (Wildman–Crippen LogP) is 2.12. The van der Waals surface area contributed by atoms with Crippen molar-refractivity contribution < 1.29 is 22.8 Å². The summed E-state index contributed by atoms with van der Waals surface area (Å²) in [5, 5.41) is 6.44. The molecular weight excluding hydrogens is 420 g/mol. The van der Waals surface area contributed by atoms with E-state index in [1.165, 1.54) is 18.3 Å². The number of amides is 1. The van der Waals surface area contributed by atoms with E-state index in [4.69, 9.17) is 9.57 Å². The van der Waals surface area contributed by atoms with Gasteiger partial charge in [-0.15, -0.1) is 0 Å². The number of nitrogens with zero attached hydrogens (tertiary/aromatic N) is 3. The van der Waals surface area contributed by atoms with E-state index in [0.29, 0.717) is 38.0 Å². The van der Waals surface area contributed by atoms with E-state index in [2.05, 4.69) is 20.4 Å². The number of hydrogen-bond acceptors (Lipinski definition) is 8. The highest BCUT2D eigenvalue weighted by atomic mass is 32.2. The number of sulfone groups is 1. The van der Waals surface area contributed by atoms with Gasteiger partial charge in [0.1, 0.15) is 0 Å². The summed E-state index contributed by atoms with van der Waals surface area (Å²) in [7, 11) is -3.32. The molecular formula is C21H24N4O5S. The predicted molar refractivity (Wildman–Crippen MR) is 114 cm³/mol. The van der Waals surface area contributed by atoms with Crippen molar-refractivity contribution in [3.63, 3.8) is 0 Å². The number of carbonyl (C=O) groups is 1. The van der Waals surface area contributed by atoms with Gasteiger partial charge in [0.25, 0.3) is 5.91 Å². The van der Waals surface area contributed by atoms with Crippen LogP contribution in [0.5, 0.6) is 0 Å². The molecule has 31 heavy (non-hydrogen) atoms. The summed E-state index contributed by atoms with van der Waals surface area (Å²) in [5.41, 5.74) is 1.26. The third-order valence-electron chi connectivity index (χ3n) is 5.12. The largest absolute Gasteiger partial charge is 0.389 e. The summed E-state index contributed by atoms with van der Waals surface area (Å²) in [4.78, 5) is 27.1. The van der Waals surface area contributed by atoms with E-state index in [1.54, 1.807) is 18.3 Å². The van der Waals surface area contributed by atoms with Gasteiger partial charge in [0, 0.05) is 12.0 Å². The van der Waals surface area contributed by atoms with Crippen molar-refractivity contribution in [1.82, 2.24) is 9.97 Å². The van der Waals surface area contributed by atoms with Gasteiger partial charge in [-0.3, -0.25) is 9.78 Å². The molecule has 10 heteroatoms. The van der Waals surface area contributed by atoms with Crippen LogP contribution in [0.3, 0.4) is 0 Å². The van der Waals surface area contributed by atoms with Crippen LogP contribution in [0.25, 0.3) is 0 Å². The van der Waals surface area contributed by atoms with E-state index in [1.807, 2.05) is 6.92 Å². The molecule has 2 aromatic rings. The first-order chi connectivity index (χ1) is 15.0. The maximum absolute atomic E-state index is 12.9. The molecule has 164 valence electrons. The molecule has 2 aliphatic rings. The van der Waals surface area contributed by atoms with E-state index >= 15 is 0 Å². The highest BCUT2D eigenvalue weighted by molar-refractivity contribution is 7.92. The van der Waals surface area contributed by atoms with Gasteiger partial charge in [0.05, 0.1) is 41.4 Å². The van der Waals surface area contributed by atoms with Gasteiger partial charge in [0.2, 0.25) is 0 Å². The molecule has 1 saturated heterocycles. The van der Waals surface area contributed by atoms with Crippen LogP contribution in [0.15, 0.2) is 46.7 Å². The third kappa shape index (κ3) is 5.08.